The van der Waals surface area contributed by atoms with Crippen molar-refractivity contribution >= 4 is 0 Å². The predicted octanol–water partition coefficient (Wildman–Crippen LogP) is 3.24. The molecule has 1 aliphatic rings. The smallest absolute Gasteiger partial charge is 0.118 e. The number of methoxy groups -OCH3 is 1. The summed E-state index contributed by atoms with van der Waals surface area (Å²) in [5.41, 5.74) is 0.962. The van der Waals surface area contributed by atoms with Crippen molar-refractivity contribution in [1.29, 1.82) is 0 Å². The maximum atomic E-state index is 10.6. The number of piperidine rings is 1. The Labute approximate surface area is 122 Å². The Morgan fingerprint density at radius 1 is 1.25 bits per heavy atom. The van der Waals surface area contributed by atoms with E-state index in [1.807, 2.05) is 24.3 Å². The van der Waals surface area contributed by atoms with Crippen LogP contribution in [0.4, 0.5) is 0 Å². The van der Waals surface area contributed by atoms with Gasteiger partial charge in [-0.1, -0.05) is 19.1 Å². The number of likely N-dealkylation sites (tertiary alicyclic amines) is 1. The summed E-state index contributed by atoms with van der Waals surface area (Å²) in [6.07, 6.45) is 2.00. The van der Waals surface area contributed by atoms with Gasteiger partial charge in [-0.2, -0.15) is 0 Å². The zero-order valence-corrected chi connectivity index (χ0v) is 13.0. The molecule has 0 aromatic heterocycles. The first-order valence-electron chi connectivity index (χ1n) is 7.60. The van der Waals surface area contributed by atoms with Gasteiger partial charge in [0.1, 0.15) is 5.75 Å². The molecule has 1 heterocycles. The van der Waals surface area contributed by atoms with Crippen molar-refractivity contribution in [2.24, 2.45) is 5.92 Å². The number of aliphatic hydroxyl groups excluding tert-OH is 1. The summed E-state index contributed by atoms with van der Waals surface area (Å²) < 4.78 is 5.16. The molecule has 3 heteroatoms. The van der Waals surface area contributed by atoms with E-state index in [-0.39, 0.29) is 6.04 Å². The van der Waals surface area contributed by atoms with E-state index in [2.05, 4.69) is 25.7 Å². The first kappa shape index (κ1) is 15.3. The number of ether oxygens (including phenoxy) is 1. The van der Waals surface area contributed by atoms with Crippen LogP contribution in [0.2, 0.25) is 0 Å². The Hall–Kier alpha value is -1.06. The number of benzene rings is 1. The lowest BCUT2D eigenvalue weighted by Crippen LogP contribution is -2.47. The van der Waals surface area contributed by atoms with Gasteiger partial charge in [0.15, 0.2) is 0 Å². The van der Waals surface area contributed by atoms with Crippen molar-refractivity contribution in [3.05, 3.63) is 29.8 Å². The zero-order chi connectivity index (χ0) is 14.7. The van der Waals surface area contributed by atoms with Crippen LogP contribution in [-0.4, -0.2) is 35.7 Å². The lowest BCUT2D eigenvalue weighted by molar-refractivity contribution is 0.0104. The van der Waals surface area contributed by atoms with E-state index in [1.165, 1.54) is 12.8 Å². The van der Waals surface area contributed by atoms with Gasteiger partial charge in [-0.05, 0) is 56.8 Å². The van der Waals surface area contributed by atoms with Gasteiger partial charge in [0, 0.05) is 12.1 Å². The highest BCUT2D eigenvalue weighted by Crippen LogP contribution is 2.29. The summed E-state index contributed by atoms with van der Waals surface area (Å²) in [6.45, 7) is 7.80. The molecule has 1 N–H and O–H groups in total. The summed E-state index contributed by atoms with van der Waals surface area (Å²) in [4.78, 5) is 2.44. The fourth-order valence-corrected chi connectivity index (χ4v) is 3.29. The molecule has 4 atom stereocenters. The van der Waals surface area contributed by atoms with Crippen molar-refractivity contribution in [1.82, 2.24) is 4.90 Å². The molecular formula is C17H27NO2. The van der Waals surface area contributed by atoms with Gasteiger partial charge in [0.25, 0.3) is 0 Å². The van der Waals surface area contributed by atoms with Gasteiger partial charge < -0.3 is 9.84 Å². The van der Waals surface area contributed by atoms with Gasteiger partial charge in [-0.3, -0.25) is 4.90 Å². The topological polar surface area (TPSA) is 32.7 Å². The molecule has 0 amide bonds. The highest BCUT2D eigenvalue weighted by atomic mass is 16.5. The molecule has 1 aromatic carbocycles. The van der Waals surface area contributed by atoms with E-state index in [4.69, 9.17) is 4.74 Å². The first-order chi connectivity index (χ1) is 9.52. The molecule has 1 aliphatic heterocycles. The summed E-state index contributed by atoms with van der Waals surface area (Å²) in [5.74, 6) is 1.63. The molecule has 0 spiro atoms. The molecule has 3 nitrogen and oxygen atoms in total. The van der Waals surface area contributed by atoms with Crippen LogP contribution in [0, 0.1) is 5.92 Å². The Morgan fingerprint density at radius 2 is 1.90 bits per heavy atom. The molecule has 4 unspecified atom stereocenters. The van der Waals surface area contributed by atoms with Crippen molar-refractivity contribution < 1.29 is 9.84 Å². The molecule has 0 bridgehead atoms. The molecule has 1 fully saturated rings. The normalized spacial score (nSPS) is 27.1. The van der Waals surface area contributed by atoms with E-state index in [1.54, 1.807) is 7.11 Å². The van der Waals surface area contributed by atoms with E-state index < -0.39 is 6.10 Å². The van der Waals surface area contributed by atoms with Crippen molar-refractivity contribution in [2.45, 2.75) is 51.8 Å². The summed E-state index contributed by atoms with van der Waals surface area (Å²) >= 11 is 0. The number of hydrogen-bond donors (Lipinski definition) is 1. The summed E-state index contributed by atoms with van der Waals surface area (Å²) in [6, 6.07) is 8.42. The van der Waals surface area contributed by atoms with Crippen LogP contribution in [0.15, 0.2) is 24.3 Å². The van der Waals surface area contributed by atoms with Gasteiger partial charge in [-0.15, -0.1) is 0 Å². The second-order valence-electron chi connectivity index (χ2n) is 6.17. The predicted molar refractivity (Wildman–Crippen MR) is 82.0 cm³/mol. The zero-order valence-electron chi connectivity index (χ0n) is 13.0. The standard InChI is InChI=1S/C17H27NO2/c1-12-9-10-18(13(2)11-12)14(3)17(19)15-5-7-16(20-4)8-6-15/h5-8,12-14,17,19H,9-11H2,1-4H3. The largest absolute Gasteiger partial charge is 0.497 e. The molecule has 112 valence electrons. The second-order valence-corrected chi connectivity index (χ2v) is 6.17. The van der Waals surface area contributed by atoms with Crippen LogP contribution < -0.4 is 4.74 Å². The minimum atomic E-state index is -0.447. The fourth-order valence-electron chi connectivity index (χ4n) is 3.29. The third-order valence-electron chi connectivity index (χ3n) is 4.63. The number of hydrogen-bond acceptors (Lipinski definition) is 3. The quantitative estimate of drug-likeness (QED) is 0.917. The summed E-state index contributed by atoms with van der Waals surface area (Å²) in [5, 5.41) is 10.6. The second kappa shape index (κ2) is 6.59. The van der Waals surface area contributed by atoms with Gasteiger partial charge in [0.2, 0.25) is 0 Å². The van der Waals surface area contributed by atoms with Crippen LogP contribution in [0.25, 0.3) is 0 Å². The monoisotopic (exact) mass is 277 g/mol. The average molecular weight is 277 g/mol. The lowest BCUT2D eigenvalue weighted by atomic mass is 9.90. The van der Waals surface area contributed by atoms with E-state index in [9.17, 15) is 5.11 Å². The maximum Gasteiger partial charge on any atom is 0.118 e. The van der Waals surface area contributed by atoms with E-state index in [0.29, 0.717) is 6.04 Å². The minimum Gasteiger partial charge on any atom is -0.497 e. The average Bonchev–Trinajstić information content (AvgIpc) is 2.46. The molecule has 2 rings (SSSR count). The highest BCUT2D eigenvalue weighted by Gasteiger charge is 2.30. The Bertz CT molecular complexity index is 418. The van der Waals surface area contributed by atoms with Crippen LogP contribution >= 0.6 is 0 Å². The van der Waals surface area contributed by atoms with E-state index in [0.717, 1.165) is 23.8 Å². The van der Waals surface area contributed by atoms with Gasteiger partial charge >= 0.3 is 0 Å². The molecule has 1 saturated heterocycles. The third-order valence-corrected chi connectivity index (χ3v) is 4.63. The minimum absolute atomic E-state index is 0.144. The van der Waals surface area contributed by atoms with Crippen molar-refractivity contribution in [3.63, 3.8) is 0 Å². The van der Waals surface area contributed by atoms with E-state index >= 15 is 0 Å². The van der Waals surface area contributed by atoms with Crippen molar-refractivity contribution in [2.75, 3.05) is 13.7 Å². The molecular weight excluding hydrogens is 250 g/mol. The van der Waals surface area contributed by atoms with Crippen LogP contribution in [0.3, 0.4) is 0 Å². The molecule has 0 aliphatic carbocycles. The van der Waals surface area contributed by atoms with Crippen LogP contribution in [0.1, 0.15) is 45.3 Å². The molecule has 20 heavy (non-hydrogen) atoms. The lowest BCUT2D eigenvalue weighted by Gasteiger charge is -2.42. The Balaban J connectivity index is 2.05. The van der Waals surface area contributed by atoms with Crippen molar-refractivity contribution in [3.8, 4) is 5.75 Å². The SMILES string of the molecule is COc1ccc(C(O)C(C)N2CCC(C)CC2C)cc1. The Morgan fingerprint density at radius 3 is 2.45 bits per heavy atom. The highest BCUT2D eigenvalue weighted by molar-refractivity contribution is 5.29. The third kappa shape index (κ3) is 3.33. The fraction of sp³-hybridized carbons (Fsp3) is 0.647. The molecule has 1 aromatic rings. The number of aliphatic hydroxyl groups is 1. The summed E-state index contributed by atoms with van der Waals surface area (Å²) in [7, 11) is 1.66. The van der Waals surface area contributed by atoms with Crippen LogP contribution in [0.5, 0.6) is 5.75 Å². The number of rotatable bonds is 4. The van der Waals surface area contributed by atoms with Gasteiger partial charge in [0.05, 0.1) is 13.2 Å². The molecule has 0 saturated carbocycles. The van der Waals surface area contributed by atoms with Gasteiger partial charge in [-0.25, -0.2) is 0 Å². The van der Waals surface area contributed by atoms with Crippen LogP contribution in [-0.2, 0) is 0 Å². The maximum absolute atomic E-state index is 10.6. The molecule has 0 radical (unpaired) electrons. The Kier molecular flexibility index (Phi) is 5.06. The number of nitrogens with zero attached hydrogens (tertiary/aromatic N) is 1. The first-order valence-corrected chi connectivity index (χ1v) is 7.60.